The molecule has 1 heterocycles. The van der Waals surface area contributed by atoms with E-state index >= 15 is 0 Å². The van der Waals surface area contributed by atoms with Crippen LogP contribution in [0.4, 0.5) is 15.8 Å². The van der Waals surface area contributed by atoms with Gasteiger partial charge in [-0.1, -0.05) is 23.2 Å². The van der Waals surface area contributed by atoms with Gasteiger partial charge in [0.15, 0.2) is 6.61 Å². The predicted octanol–water partition coefficient (Wildman–Crippen LogP) is 3.67. The monoisotopic (exact) mass is 424 g/mol. The molecule has 2 aromatic carbocycles. The maximum atomic E-state index is 13.0. The van der Waals surface area contributed by atoms with Gasteiger partial charge in [0, 0.05) is 34.4 Å². The van der Waals surface area contributed by atoms with Crippen LogP contribution in [0.25, 0.3) is 0 Å². The van der Waals surface area contributed by atoms with E-state index in [1.54, 1.807) is 0 Å². The third kappa shape index (κ3) is 4.99. The Morgan fingerprint density at radius 1 is 1.14 bits per heavy atom. The summed E-state index contributed by atoms with van der Waals surface area (Å²) in [4.78, 5) is 37.7. The van der Waals surface area contributed by atoms with E-state index < -0.39 is 30.2 Å². The van der Waals surface area contributed by atoms with E-state index in [4.69, 9.17) is 27.9 Å². The molecule has 1 saturated heterocycles. The van der Waals surface area contributed by atoms with Crippen molar-refractivity contribution in [2.24, 2.45) is 5.92 Å². The number of rotatable bonds is 5. The molecule has 6 nitrogen and oxygen atoms in total. The van der Waals surface area contributed by atoms with Gasteiger partial charge in [0.2, 0.25) is 5.91 Å². The van der Waals surface area contributed by atoms with Crippen molar-refractivity contribution >= 4 is 52.4 Å². The number of hydrogen-bond acceptors (Lipinski definition) is 4. The molecule has 1 N–H and O–H groups in total. The van der Waals surface area contributed by atoms with E-state index in [0.29, 0.717) is 21.4 Å². The number of halogens is 3. The van der Waals surface area contributed by atoms with Crippen molar-refractivity contribution in [2.45, 2.75) is 6.42 Å². The number of carbonyl (C=O) groups excluding carboxylic acids is 3. The molecule has 2 amide bonds. The Kier molecular flexibility index (Phi) is 6.16. The van der Waals surface area contributed by atoms with Crippen LogP contribution in [0.3, 0.4) is 0 Å². The van der Waals surface area contributed by atoms with Gasteiger partial charge in [-0.2, -0.15) is 0 Å². The number of benzene rings is 2. The molecule has 9 heteroatoms. The summed E-state index contributed by atoms with van der Waals surface area (Å²) in [5, 5.41) is 3.22. The van der Waals surface area contributed by atoms with Gasteiger partial charge in [-0.15, -0.1) is 0 Å². The molecule has 1 atom stereocenters. The van der Waals surface area contributed by atoms with Gasteiger partial charge in [-0.05, 0) is 42.5 Å². The smallest absolute Gasteiger partial charge is 0.311 e. The highest BCUT2D eigenvalue weighted by molar-refractivity contribution is 6.35. The molecular formula is C19H15Cl2FN2O4. The largest absolute Gasteiger partial charge is 0.455 e. The van der Waals surface area contributed by atoms with Crippen molar-refractivity contribution in [3.05, 3.63) is 58.3 Å². The van der Waals surface area contributed by atoms with E-state index in [-0.39, 0.29) is 18.9 Å². The molecule has 0 aromatic heterocycles. The average molecular weight is 425 g/mol. The molecular weight excluding hydrogens is 410 g/mol. The van der Waals surface area contributed by atoms with Crippen LogP contribution in [-0.2, 0) is 19.1 Å². The number of amides is 2. The molecule has 1 aliphatic heterocycles. The van der Waals surface area contributed by atoms with Gasteiger partial charge in [0.05, 0.1) is 5.92 Å². The standard InChI is InChI=1S/C19H15Cl2FN2O4/c20-12-6-13(21)8-15(7-12)23-17(25)10-28-19(27)11-5-18(26)24(9-11)16-3-1-14(22)2-4-16/h1-4,6-8,11H,5,9-10H2,(H,23,25)/t11-/m1/s1. The van der Waals surface area contributed by atoms with Crippen LogP contribution in [0.15, 0.2) is 42.5 Å². The zero-order chi connectivity index (χ0) is 20.3. The minimum absolute atomic E-state index is 0.0400. The first-order chi connectivity index (χ1) is 13.3. The fourth-order valence-corrected chi connectivity index (χ4v) is 3.34. The summed E-state index contributed by atoms with van der Waals surface area (Å²) in [5.41, 5.74) is 0.870. The Morgan fingerprint density at radius 2 is 1.79 bits per heavy atom. The number of nitrogens with one attached hydrogen (secondary N) is 1. The first-order valence-corrected chi connectivity index (χ1v) is 9.06. The lowest BCUT2D eigenvalue weighted by Gasteiger charge is -2.16. The zero-order valence-corrected chi connectivity index (χ0v) is 16.0. The van der Waals surface area contributed by atoms with E-state index in [0.717, 1.165) is 0 Å². The SMILES string of the molecule is O=C(COC(=O)[C@@H]1CC(=O)N(c2ccc(F)cc2)C1)Nc1cc(Cl)cc(Cl)c1. The topological polar surface area (TPSA) is 75.7 Å². The molecule has 0 saturated carbocycles. The number of nitrogens with zero attached hydrogens (tertiary/aromatic N) is 1. The Morgan fingerprint density at radius 3 is 2.43 bits per heavy atom. The Labute approximate surface area is 170 Å². The third-order valence-corrected chi connectivity index (χ3v) is 4.52. The van der Waals surface area contributed by atoms with Crippen LogP contribution < -0.4 is 10.2 Å². The molecule has 0 radical (unpaired) electrons. The molecule has 1 aliphatic rings. The van der Waals surface area contributed by atoms with Crippen molar-refractivity contribution in [3.8, 4) is 0 Å². The minimum Gasteiger partial charge on any atom is -0.455 e. The quantitative estimate of drug-likeness (QED) is 0.742. The van der Waals surface area contributed by atoms with Gasteiger partial charge < -0.3 is 15.0 Å². The Bertz CT molecular complexity index is 900. The summed E-state index contributed by atoms with van der Waals surface area (Å²) in [7, 11) is 0. The maximum absolute atomic E-state index is 13.0. The number of carbonyl (C=O) groups is 3. The highest BCUT2D eigenvalue weighted by Gasteiger charge is 2.36. The van der Waals surface area contributed by atoms with Crippen molar-refractivity contribution in [3.63, 3.8) is 0 Å². The third-order valence-electron chi connectivity index (χ3n) is 4.09. The second-order valence-corrected chi connectivity index (χ2v) is 7.07. The molecule has 3 rings (SSSR count). The van der Waals surface area contributed by atoms with Gasteiger partial charge in [-0.25, -0.2) is 4.39 Å². The van der Waals surface area contributed by atoms with E-state index in [2.05, 4.69) is 5.32 Å². The van der Waals surface area contributed by atoms with E-state index in [9.17, 15) is 18.8 Å². The molecule has 28 heavy (non-hydrogen) atoms. The minimum atomic E-state index is -0.703. The Balaban J connectivity index is 1.53. The summed E-state index contributed by atoms with van der Waals surface area (Å²) in [6.45, 7) is -0.404. The molecule has 146 valence electrons. The van der Waals surface area contributed by atoms with Gasteiger partial charge >= 0.3 is 5.97 Å². The lowest BCUT2D eigenvalue weighted by molar-refractivity contribution is -0.151. The van der Waals surface area contributed by atoms with Crippen LogP contribution in [0, 0.1) is 11.7 Å². The van der Waals surface area contributed by atoms with Crippen molar-refractivity contribution < 1.29 is 23.5 Å². The number of ether oxygens (including phenoxy) is 1. The molecule has 0 bridgehead atoms. The highest BCUT2D eigenvalue weighted by Crippen LogP contribution is 2.26. The Hall–Kier alpha value is -2.64. The number of hydrogen-bond donors (Lipinski definition) is 1. The molecule has 0 spiro atoms. The van der Waals surface area contributed by atoms with E-state index in [1.807, 2.05) is 0 Å². The summed E-state index contributed by atoms with van der Waals surface area (Å²) in [6, 6.07) is 9.92. The number of esters is 1. The molecule has 1 fully saturated rings. The normalized spacial score (nSPS) is 16.2. The summed E-state index contributed by atoms with van der Waals surface area (Å²) in [5.74, 6) is -2.61. The second kappa shape index (κ2) is 8.58. The fourth-order valence-electron chi connectivity index (χ4n) is 2.81. The van der Waals surface area contributed by atoms with Crippen molar-refractivity contribution in [2.75, 3.05) is 23.4 Å². The van der Waals surface area contributed by atoms with Gasteiger partial charge in [-0.3, -0.25) is 14.4 Å². The lowest BCUT2D eigenvalue weighted by atomic mass is 10.1. The predicted molar refractivity (Wildman–Crippen MR) is 103 cm³/mol. The summed E-state index contributed by atoms with van der Waals surface area (Å²) >= 11 is 11.7. The van der Waals surface area contributed by atoms with Crippen LogP contribution in [-0.4, -0.2) is 30.9 Å². The van der Waals surface area contributed by atoms with E-state index in [1.165, 1.54) is 47.4 Å². The van der Waals surface area contributed by atoms with Crippen LogP contribution >= 0.6 is 23.2 Å². The second-order valence-electron chi connectivity index (χ2n) is 6.20. The van der Waals surface area contributed by atoms with Gasteiger partial charge in [0.25, 0.3) is 5.91 Å². The number of anilines is 2. The van der Waals surface area contributed by atoms with Crippen LogP contribution in [0.1, 0.15) is 6.42 Å². The molecule has 0 aliphatic carbocycles. The van der Waals surface area contributed by atoms with Crippen LogP contribution in [0.5, 0.6) is 0 Å². The molecule has 2 aromatic rings. The fraction of sp³-hybridized carbons (Fsp3) is 0.211. The molecule has 0 unspecified atom stereocenters. The lowest BCUT2D eigenvalue weighted by Crippen LogP contribution is -2.28. The zero-order valence-electron chi connectivity index (χ0n) is 14.5. The first kappa shape index (κ1) is 20.1. The first-order valence-electron chi connectivity index (χ1n) is 8.30. The van der Waals surface area contributed by atoms with Crippen LogP contribution in [0.2, 0.25) is 10.0 Å². The van der Waals surface area contributed by atoms with Crippen molar-refractivity contribution in [1.29, 1.82) is 0 Å². The van der Waals surface area contributed by atoms with Crippen molar-refractivity contribution in [1.82, 2.24) is 0 Å². The average Bonchev–Trinajstić information content (AvgIpc) is 3.01. The van der Waals surface area contributed by atoms with Gasteiger partial charge in [0.1, 0.15) is 5.82 Å². The summed E-state index contributed by atoms with van der Waals surface area (Å²) < 4.78 is 18.0. The highest BCUT2D eigenvalue weighted by atomic mass is 35.5. The summed E-state index contributed by atoms with van der Waals surface area (Å²) in [6.07, 6.45) is -0.0400. The maximum Gasteiger partial charge on any atom is 0.311 e.